The highest BCUT2D eigenvalue weighted by Gasteiger charge is 2.25. The monoisotopic (exact) mass is 383 g/mol. The Balaban J connectivity index is 2.99. The average molecular weight is 384 g/mol. The highest BCUT2D eigenvalue weighted by molar-refractivity contribution is 7.89. The van der Waals surface area contributed by atoms with Crippen LogP contribution < -0.4 is 9.46 Å². The van der Waals surface area contributed by atoms with Crippen molar-refractivity contribution in [3.05, 3.63) is 22.2 Å². The van der Waals surface area contributed by atoms with Crippen LogP contribution in [0.2, 0.25) is 10.0 Å². The van der Waals surface area contributed by atoms with Gasteiger partial charge in [-0.2, -0.15) is 0 Å². The molecule has 0 aliphatic heterocycles. The number of ether oxygens (including phenoxy) is 1. The van der Waals surface area contributed by atoms with E-state index in [2.05, 4.69) is 4.72 Å². The molecule has 0 saturated heterocycles. The molecule has 0 aromatic heterocycles. The molecule has 9 heteroatoms. The maximum atomic E-state index is 12.3. The number of aliphatic carboxylic acids is 1. The topological polar surface area (TPSA) is 92.7 Å². The molecule has 1 unspecified atom stereocenters. The molecule has 0 aliphatic rings. The summed E-state index contributed by atoms with van der Waals surface area (Å²) in [6.45, 7) is 3.50. The van der Waals surface area contributed by atoms with E-state index in [1.165, 1.54) is 19.2 Å². The van der Waals surface area contributed by atoms with Gasteiger partial charge in [-0.05, 0) is 18.4 Å². The fourth-order valence-corrected chi connectivity index (χ4v) is 3.93. The molecular weight excluding hydrogens is 365 g/mol. The third-order valence-electron chi connectivity index (χ3n) is 3.12. The first-order chi connectivity index (χ1) is 10.6. The lowest BCUT2D eigenvalue weighted by atomic mass is 9.98. The summed E-state index contributed by atoms with van der Waals surface area (Å²) in [5, 5.41) is 9.19. The highest BCUT2D eigenvalue weighted by atomic mass is 35.5. The second-order valence-corrected chi connectivity index (χ2v) is 7.98. The lowest BCUT2D eigenvalue weighted by Gasteiger charge is -2.16. The minimum Gasteiger partial charge on any atom is -0.495 e. The molecule has 0 saturated carbocycles. The number of carboxylic acids is 1. The van der Waals surface area contributed by atoms with E-state index in [0.717, 1.165) is 0 Å². The van der Waals surface area contributed by atoms with E-state index in [1.54, 1.807) is 0 Å². The molecule has 0 fully saturated rings. The molecule has 130 valence electrons. The quantitative estimate of drug-likeness (QED) is 0.719. The van der Waals surface area contributed by atoms with Crippen LogP contribution in [0, 0.1) is 11.8 Å². The van der Waals surface area contributed by atoms with Crippen molar-refractivity contribution >= 4 is 39.2 Å². The number of rotatable bonds is 8. The fourth-order valence-electron chi connectivity index (χ4n) is 2.00. The van der Waals surface area contributed by atoms with E-state index in [-0.39, 0.29) is 33.2 Å². The van der Waals surface area contributed by atoms with Gasteiger partial charge in [-0.25, -0.2) is 13.1 Å². The van der Waals surface area contributed by atoms with E-state index < -0.39 is 21.9 Å². The Labute approximate surface area is 145 Å². The minimum atomic E-state index is -3.99. The van der Waals surface area contributed by atoms with E-state index in [0.29, 0.717) is 6.42 Å². The Kier molecular flexibility index (Phi) is 7.13. The molecule has 0 amide bonds. The largest absolute Gasteiger partial charge is 0.495 e. The maximum absolute atomic E-state index is 12.3. The van der Waals surface area contributed by atoms with Crippen molar-refractivity contribution in [1.29, 1.82) is 0 Å². The van der Waals surface area contributed by atoms with Crippen molar-refractivity contribution in [1.82, 2.24) is 4.72 Å². The smallest absolute Gasteiger partial charge is 0.307 e. The van der Waals surface area contributed by atoms with Gasteiger partial charge in [-0.15, -0.1) is 0 Å². The van der Waals surface area contributed by atoms with Gasteiger partial charge in [0.2, 0.25) is 10.0 Å². The molecule has 2 N–H and O–H groups in total. The molecule has 23 heavy (non-hydrogen) atoms. The minimum absolute atomic E-state index is 0.0607. The normalized spacial score (nSPS) is 13.1. The Morgan fingerprint density at radius 2 is 1.91 bits per heavy atom. The summed E-state index contributed by atoms with van der Waals surface area (Å²) in [6, 6.07) is 2.46. The van der Waals surface area contributed by atoms with Crippen LogP contribution in [-0.4, -0.2) is 33.1 Å². The first-order valence-corrected chi connectivity index (χ1v) is 9.08. The molecule has 6 nitrogen and oxygen atoms in total. The number of benzene rings is 1. The molecule has 0 aliphatic carbocycles. The number of halogens is 2. The van der Waals surface area contributed by atoms with Gasteiger partial charge in [0.15, 0.2) is 0 Å². The summed E-state index contributed by atoms with van der Waals surface area (Å²) in [5.41, 5.74) is 0. The van der Waals surface area contributed by atoms with Gasteiger partial charge in [0.25, 0.3) is 0 Å². The number of nitrogens with one attached hydrogen (secondary N) is 1. The van der Waals surface area contributed by atoms with E-state index >= 15 is 0 Å². The number of sulfonamides is 1. The lowest BCUT2D eigenvalue weighted by molar-refractivity contribution is -0.142. The molecule has 1 aromatic carbocycles. The summed E-state index contributed by atoms with van der Waals surface area (Å²) in [6.07, 6.45) is 0.356. The molecule has 1 aromatic rings. The standard InChI is InChI=1S/C14H19Cl2NO5S/c1-8(2)4-9(14(18)19)7-17-23(20,21)13-6-10(15)12(22-3)5-11(13)16/h5-6,8-9,17H,4,7H2,1-3H3,(H,18,19). The van der Waals surface area contributed by atoms with Gasteiger partial charge in [0, 0.05) is 12.6 Å². The van der Waals surface area contributed by atoms with Crippen molar-refractivity contribution in [2.45, 2.75) is 25.2 Å². The Morgan fingerprint density at radius 3 is 2.39 bits per heavy atom. The fraction of sp³-hybridized carbons (Fsp3) is 0.500. The molecule has 0 radical (unpaired) electrons. The first-order valence-electron chi connectivity index (χ1n) is 6.84. The number of hydrogen-bond donors (Lipinski definition) is 2. The Hall–Kier alpha value is -1.02. The van der Waals surface area contributed by atoms with Gasteiger partial charge in [0.1, 0.15) is 10.6 Å². The number of methoxy groups -OCH3 is 1. The van der Waals surface area contributed by atoms with Crippen LogP contribution in [-0.2, 0) is 14.8 Å². The van der Waals surface area contributed by atoms with Crippen LogP contribution in [0.4, 0.5) is 0 Å². The van der Waals surface area contributed by atoms with Crippen LogP contribution in [0.5, 0.6) is 5.75 Å². The molecule has 0 spiro atoms. The molecular formula is C14H19Cl2NO5S. The zero-order chi connectivity index (χ0) is 17.8. The summed E-state index contributed by atoms with van der Waals surface area (Å²) in [7, 11) is -2.61. The SMILES string of the molecule is COc1cc(Cl)c(S(=O)(=O)NCC(CC(C)C)C(=O)O)cc1Cl. The molecule has 1 rings (SSSR count). The van der Waals surface area contributed by atoms with E-state index in [1.807, 2.05) is 13.8 Å². The van der Waals surface area contributed by atoms with Crippen molar-refractivity contribution in [2.24, 2.45) is 11.8 Å². The predicted octanol–water partition coefficient (Wildman–Crippen LogP) is 3.03. The van der Waals surface area contributed by atoms with Crippen LogP contribution >= 0.6 is 23.2 Å². The van der Waals surface area contributed by atoms with Gasteiger partial charge < -0.3 is 9.84 Å². The number of carboxylic acid groups (broad SMARTS) is 1. The van der Waals surface area contributed by atoms with Crippen LogP contribution in [0.25, 0.3) is 0 Å². The second-order valence-electron chi connectivity index (χ2n) is 5.43. The highest BCUT2D eigenvalue weighted by Crippen LogP contribution is 2.33. The third-order valence-corrected chi connectivity index (χ3v) is 5.30. The van der Waals surface area contributed by atoms with E-state index in [9.17, 15) is 13.2 Å². The molecule has 0 bridgehead atoms. The maximum Gasteiger partial charge on any atom is 0.307 e. The molecule has 0 heterocycles. The number of hydrogen-bond acceptors (Lipinski definition) is 4. The van der Waals surface area contributed by atoms with Gasteiger partial charge in [-0.3, -0.25) is 4.79 Å². The van der Waals surface area contributed by atoms with Crippen molar-refractivity contribution in [3.63, 3.8) is 0 Å². The zero-order valence-corrected chi connectivity index (χ0v) is 15.3. The second kappa shape index (κ2) is 8.19. The Bertz CT molecular complexity index is 676. The number of carbonyl (C=O) groups is 1. The van der Waals surface area contributed by atoms with E-state index in [4.69, 9.17) is 33.0 Å². The summed E-state index contributed by atoms with van der Waals surface area (Å²) < 4.78 is 31.9. The van der Waals surface area contributed by atoms with Crippen molar-refractivity contribution in [3.8, 4) is 5.75 Å². The van der Waals surface area contributed by atoms with Gasteiger partial charge in [-0.1, -0.05) is 37.0 Å². The summed E-state index contributed by atoms with van der Waals surface area (Å²) >= 11 is 11.9. The van der Waals surface area contributed by atoms with Crippen LogP contribution in [0.15, 0.2) is 17.0 Å². The van der Waals surface area contributed by atoms with Crippen molar-refractivity contribution in [2.75, 3.05) is 13.7 Å². The summed E-state index contributed by atoms with van der Waals surface area (Å²) in [4.78, 5) is 11.0. The Morgan fingerprint density at radius 1 is 1.30 bits per heavy atom. The summed E-state index contributed by atoms with van der Waals surface area (Å²) in [5.74, 6) is -1.50. The van der Waals surface area contributed by atoms with Gasteiger partial charge >= 0.3 is 5.97 Å². The molecule has 1 atom stereocenters. The van der Waals surface area contributed by atoms with Crippen LogP contribution in [0.3, 0.4) is 0 Å². The lowest BCUT2D eigenvalue weighted by Crippen LogP contribution is -2.33. The zero-order valence-electron chi connectivity index (χ0n) is 13.0. The average Bonchev–Trinajstić information content (AvgIpc) is 2.44. The van der Waals surface area contributed by atoms with Crippen LogP contribution in [0.1, 0.15) is 20.3 Å². The third kappa shape index (κ3) is 5.53. The van der Waals surface area contributed by atoms with Gasteiger partial charge in [0.05, 0.1) is 23.1 Å². The predicted molar refractivity (Wildman–Crippen MR) is 88.8 cm³/mol. The first kappa shape index (κ1) is 20.0. The van der Waals surface area contributed by atoms with Crippen molar-refractivity contribution < 1.29 is 23.1 Å².